The second kappa shape index (κ2) is 12.5. The van der Waals surface area contributed by atoms with Gasteiger partial charge in [0.1, 0.15) is 12.6 Å². The first-order valence-corrected chi connectivity index (χ1v) is 14.8. The number of nitrogens with zero attached hydrogens (tertiary/aromatic N) is 2. The maximum Gasteiger partial charge on any atom is 0.244 e. The van der Waals surface area contributed by atoms with E-state index in [0.29, 0.717) is 5.69 Å². The van der Waals surface area contributed by atoms with Gasteiger partial charge in [0.05, 0.1) is 11.9 Å². The molecule has 0 heterocycles. The van der Waals surface area contributed by atoms with Gasteiger partial charge in [-0.15, -0.1) is 0 Å². The Balaban J connectivity index is 2.07. The molecule has 0 aliphatic rings. The minimum absolute atomic E-state index is 0.152. The largest absolute Gasteiger partial charge is 0.350 e. The third-order valence-electron chi connectivity index (χ3n) is 6.27. The highest BCUT2D eigenvalue weighted by Crippen LogP contribution is 2.25. The van der Waals surface area contributed by atoms with E-state index in [-0.39, 0.29) is 18.9 Å². The summed E-state index contributed by atoms with van der Waals surface area (Å²) < 4.78 is 27.0. The molecule has 3 rings (SSSR count). The number of anilines is 1. The van der Waals surface area contributed by atoms with Gasteiger partial charge in [0, 0.05) is 18.5 Å². The summed E-state index contributed by atoms with van der Waals surface area (Å²) in [5, 5.41) is 3.03. The van der Waals surface area contributed by atoms with E-state index >= 15 is 0 Å². The molecule has 1 atom stereocenters. The average molecular weight is 550 g/mol. The number of aryl methyl sites for hydroxylation is 2. The fourth-order valence-corrected chi connectivity index (χ4v) is 5.37. The zero-order valence-electron chi connectivity index (χ0n) is 23.6. The van der Waals surface area contributed by atoms with Crippen LogP contribution in [0.15, 0.2) is 78.9 Å². The molecule has 2 amide bonds. The molecule has 3 aromatic carbocycles. The van der Waals surface area contributed by atoms with E-state index in [9.17, 15) is 18.0 Å². The molecule has 0 unspecified atom stereocenters. The van der Waals surface area contributed by atoms with Crippen LogP contribution >= 0.6 is 0 Å². The molecule has 1 N–H and O–H groups in total. The van der Waals surface area contributed by atoms with Crippen molar-refractivity contribution in [3.8, 4) is 0 Å². The fraction of sp³-hybridized carbons (Fsp3) is 0.355. The van der Waals surface area contributed by atoms with Crippen LogP contribution in [0.1, 0.15) is 43.0 Å². The Hall–Kier alpha value is -3.65. The molecular weight excluding hydrogens is 510 g/mol. The number of sulfonamides is 1. The van der Waals surface area contributed by atoms with Crippen molar-refractivity contribution >= 4 is 27.5 Å². The predicted molar refractivity (Wildman–Crippen MR) is 157 cm³/mol. The lowest BCUT2D eigenvalue weighted by atomic mass is 10.0. The summed E-state index contributed by atoms with van der Waals surface area (Å²) in [6.45, 7) is 9.14. The molecule has 0 spiro atoms. The molecule has 0 radical (unpaired) electrons. The summed E-state index contributed by atoms with van der Waals surface area (Å²) >= 11 is 0. The Bertz CT molecular complexity index is 1380. The normalized spacial score (nSPS) is 12.5. The van der Waals surface area contributed by atoms with E-state index in [0.717, 1.165) is 32.8 Å². The molecule has 39 heavy (non-hydrogen) atoms. The maximum atomic E-state index is 14.1. The SMILES string of the molecule is Cc1ccc(N(CC(=O)N(Cc2ccccc2)[C@H](Cc2ccccc2)C(=O)NC(C)(C)C)S(C)(=O)=O)c(C)c1. The Labute approximate surface area is 232 Å². The topological polar surface area (TPSA) is 86.8 Å². The van der Waals surface area contributed by atoms with E-state index in [4.69, 9.17) is 0 Å². The van der Waals surface area contributed by atoms with Gasteiger partial charge in [-0.05, 0) is 57.4 Å². The number of carbonyl (C=O) groups is 2. The number of hydrogen-bond donors (Lipinski definition) is 1. The Kier molecular flexibility index (Phi) is 9.56. The van der Waals surface area contributed by atoms with Gasteiger partial charge in [-0.1, -0.05) is 78.4 Å². The lowest BCUT2D eigenvalue weighted by molar-refractivity contribution is -0.140. The van der Waals surface area contributed by atoms with Gasteiger partial charge in [0.2, 0.25) is 21.8 Å². The molecule has 0 aliphatic carbocycles. The van der Waals surface area contributed by atoms with Gasteiger partial charge >= 0.3 is 0 Å². The number of rotatable bonds is 10. The maximum absolute atomic E-state index is 14.1. The molecule has 0 fully saturated rings. The van der Waals surface area contributed by atoms with Crippen molar-refractivity contribution in [1.29, 1.82) is 0 Å². The van der Waals surface area contributed by atoms with Gasteiger partial charge in [0.25, 0.3) is 0 Å². The van der Waals surface area contributed by atoms with Crippen molar-refractivity contribution in [3.05, 3.63) is 101 Å². The Morgan fingerprint density at radius 2 is 1.44 bits per heavy atom. The smallest absolute Gasteiger partial charge is 0.244 e. The molecule has 7 nitrogen and oxygen atoms in total. The Morgan fingerprint density at radius 1 is 0.872 bits per heavy atom. The number of amides is 2. The van der Waals surface area contributed by atoms with Crippen LogP contribution in [0.2, 0.25) is 0 Å². The second-order valence-electron chi connectivity index (χ2n) is 11.0. The second-order valence-corrected chi connectivity index (χ2v) is 12.9. The summed E-state index contributed by atoms with van der Waals surface area (Å²) in [5.74, 6) is -0.762. The standard InChI is InChI=1S/C31H39N3O4S/c1-23-17-18-27(24(2)19-23)34(39(6,37)38)22-29(35)33(21-26-15-11-8-12-16-26)28(30(36)32-31(3,4)5)20-25-13-9-7-10-14-25/h7-19,28H,20-22H2,1-6H3,(H,32,36)/t28-/m1/s1. The molecule has 8 heteroatoms. The Morgan fingerprint density at radius 3 is 1.95 bits per heavy atom. The van der Waals surface area contributed by atoms with Crippen molar-refractivity contribution in [2.24, 2.45) is 0 Å². The number of benzene rings is 3. The van der Waals surface area contributed by atoms with Crippen LogP contribution in [0.5, 0.6) is 0 Å². The van der Waals surface area contributed by atoms with E-state index < -0.39 is 34.1 Å². The zero-order valence-corrected chi connectivity index (χ0v) is 24.5. The van der Waals surface area contributed by atoms with Crippen molar-refractivity contribution in [3.63, 3.8) is 0 Å². The fourth-order valence-electron chi connectivity index (χ4n) is 4.47. The zero-order chi connectivity index (χ0) is 28.8. The third-order valence-corrected chi connectivity index (χ3v) is 7.39. The van der Waals surface area contributed by atoms with Crippen molar-refractivity contribution < 1.29 is 18.0 Å². The molecule has 0 bridgehead atoms. The van der Waals surface area contributed by atoms with Crippen LogP contribution in [0.4, 0.5) is 5.69 Å². The van der Waals surface area contributed by atoms with Crippen LogP contribution in [-0.4, -0.2) is 49.5 Å². The highest BCUT2D eigenvalue weighted by atomic mass is 32.2. The molecule has 0 saturated heterocycles. The lowest BCUT2D eigenvalue weighted by Crippen LogP contribution is -2.56. The van der Waals surface area contributed by atoms with E-state index in [2.05, 4.69) is 5.32 Å². The van der Waals surface area contributed by atoms with Crippen LogP contribution in [0.25, 0.3) is 0 Å². The number of nitrogens with one attached hydrogen (secondary N) is 1. The first-order chi connectivity index (χ1) is 18.2. The lowest BCUT2D eigenvalue weighted by Gasteiger charge is -2.35. The van der Waals surface area contributed by atoms with Crippen LogP contribution in [0, 0.1) is 13.8 Å². The summed E-state index contributed by atoms with van der Waals surface area (Å²) in [5.41, 5.74) is 3.38. The highest BCUT2D eigenvalue weighted by molar-refractivity contribution is 7.92. The van der Waals surface area contributed by atoms with Crippen molar-refractivity contribution in [2.75, 3.05) is 17.1 Å². The summed E-state index contributed by atoms with van der Waals surface area (Å²) in [7, 11) is -3.80. The molecule has 0 saturated carbocycles. The van der Waals surface area contributed by atoms with Crippen molar-refractivity contribution in [2.45, 2.75) is 59.2 Å². The average Bonchev–Trinajstić information content (AvgIpc) is 2.84. The predicted octanol–water partition coefficient (Wildman–Crippen LogP) is 4.62. The molecule has 208 valence electrons. The van der Waals surface area contributed by atoms with Gasteiger partial charge in [-0.25, -0.2) is 8.42 Å². The minimum atomic E-state index is -3.80. The number of hydrogen-bond acceptors (Lipinski definition) is 4. The van der Waals surface area contributed by atoms with Gasteiger partial charge in [-0.3, -0.25) is 13.9 Å². The van der Waals surface area contributed by atoms with Crippen LogP contribution in [0.3, 0.4) is 0 Å². The molecule has 0 aromatic heterocycles. The summed E-state index contributed by atoms with van der Waals surface area (Å²) in [6.07, 6.45) is 1.37. The van der Waals surface area contributed by atoms with Crippen molar-refractivity contribution in [1.82, 2.24) is 10.2 Å². The van der Waals surface area contributed by atoms with Crippen LogP contribution < -0.4 is 9.62 Å². The first kappa shape index (κ1) is 29.9. The summed E-state index contributed by atoms with van der Waals surface area (Å²) in [4.78, 5) is 29.3. The molecule has 0 aliphatic heterocycles. The van der Waals surface area contributed by atoms with Gasteiger partial charge in [0.15, 0.2) is 0 Å². The third kappa shape index (κ3) is 8.68. The minimum Gasteiger partial charge on any atom is -0.350 e. The quantitative estimate of drug-likeness (QED) is 0.400. The monoisotopic (exact) mass is 549 g/mol. The van der Waals surface area contributed by atoms with Crippen LogP contribution in [-0.2, 0) is 32.6 Å². The van der Waals surface area contributed by atoms with E-state index in [1.807, 2.05) is 107 Å². The summed E-state index contributed by atoms with van der Waals surface area (Å²) in [6, 6.07) is 23.5. The number of carbonyl (C=O) groups excluding carboxylic acids is 2. The van der Waals surface area contributed by atoms with E-state index in [1.165, 1.54) is 4.90 Å². The molecular formula is C31H39N3O4S. The highest BCUT2D eigenvalue weighted by Gasteiger charge is 2.34. The van der Waals surface area contributed by atoms with E-state index in [1.54, 1.807) is 6.07 Å². The molecule has 3 aromatic rings. The first-order valence-electron chi connectivity index (χ1n) is 13.0. The van der Waals surface area contributed by atoms with Gasteiger partial charge < -0.3 is 10.2 Å². The van der Waals surface area contributed by atoms with Gasteiger partial charge in [-0.2, -0.15) is 0 Å².